The summed E-state index contributed by atoms with van der Waals surface area (Å²) in [6, 6.07) is 10.7. The molecule has 0 unspecified atom stereocenters. The van der Waals surface area contributed by atoms with Crippen molar-refractivity contribution in [3.63, 3.8) is 0 Å². The van der Waals surface area contributed by atoms with E-state index < -0.39 is 10.0 Å². The van der Waals surface area contributed by atoms with Crippen LogP contribution in [0.4, 0.5) is 0 Å². The van der Waals surface area contributed by atoms with Crippen molar-refractivity contribution in [1.29, 1.82) is 0 Å². The summed E-state index contributed by atoms with van der Waals surface area (Å²) in [6.07, 6.45) is 1.17. The first-order chi connectivity index (χ1) is 12.3. The Morgan fingerprint density at radius 3 is 2.38 bits per heavy atom. The summed E-state index contributed by atoms with van der Waals surface area (Å²) < 4.78 is 33.3. The summed E-state index contributed by atoms with van der Waals surface area (Å²) in [4.78, 5) is 0.161. The molecular formula is C19H24ClNO4S. The molecule has 7 heteroatoms. The average Bonchev–Trinajstić information content (AvgIpc) is 2.62. The standard InChI is InChI=1S/C19H24ClNO4S/c1-4-13(2)18(11-14-5-8-16(25-3)12-19(14)22)21-26(23,24)17-9-6-15(20)7-10-17/h5-10,12-13,18,21-22H,4,11H2,1-3H3/t13-,18-/m0/s1. The second-order valence-corrected chi connectivity index (χ2v) is 8.42. The molecule has 0 aliphatic carbocycles. The number of nitrogens with one attached hydrogen (secondary N) is 1. The maximum atomic E-state index is 12.7. The van der Waals surface area contributed by atoms with Gasteiger partial charge in [-0.2, -0.15) is 0 Å². The number of phenols is 1. The van der Waals surface area contributed by atoms with Crippen LogP contribution in [0.25, 0.3) is 0 Å². The minimum atomic E-state index is -3.69. The molecule has 0 aromatic heterocycles. The highest BCUT2D eigenvalue weighted by Crippen LogP contribution is 2.27. The molecule has 0 heterocycles. The van der Waals surface area contributed by atoms with Crippen LogP contribution in [0.5, 0.6) is 11.5 Å². The zero-order valence-electron chi connectivity index (χ0n) is 15.1. The molecule has 0 fully saturated rings. The molecule has 142 valence electrons. The van der Waals surface area contributed by atoms with Gasteiger partial charge in [0.1, 0.15) is 11.5 Å². The molecular weight excluding hydrogens is 374 g/mol. The third-order valence-electron chi connectivity index (χ3n) is 4.49. The Morgan fingerprint density at radius 2 is 1.85 bits per heavy atom. The number of hydrogen-bond donors (Lipinski definition) is 2. The third-order valence-corrected chi connectivity index (χ3v) is 6.25. The van der Waals surface area contributed by atoms with Gasteiger partial charge in [0.25, 0.3) is 0 Å². The van der Waals surface area contributed by atoms with Crippen molar-refractivity contribution in [2.75, 3.05) is 7.11 Å². The molecule has 0 spiro atoms. The smallest absolute Gasteiger partial charge is 0.240 e. The SMILES string of the molecule is CC[C@H](C)[C@H](Cc1ccc(OC)cc1O)NS(=O)(=O)c1ccc(Cl)cc1. The van der Waals surface area contributed by atoms with Gasteiger partial charge in [0.2, 0.25) is 10.0 Å². The quantitative estimate of drug-likeness (QED) is 0.706. The van der Waals surface area contributed by atoms with E-state index >= 15 is 0 Å². The van der Waals surface area contributed by atoms with E-state index in [1.807, 2.05) is 13.8 Å². The Morgan fingerprint density at radius 1 is 1.19 bits per heavy atom. The van der Waals surface area contributed by atoms with Gasteiger partial charge in [0, 0.05) is 17.1 Å². The summed E-state index contributed by atoms with van der Waals surface area (Å²) in [5.41, 5.74) is 0.662. The number of methoxy groups -OCH3 is 1. The van der Waals surface area contributed by atoms with E-state index in [4.69, 9.17) is 16.3 Å². The zero-order valence-corrected chi connectivity index (χ0v) is 16.6. The van der Waals surface area contributed by atoms with E-state index in [1.54, 1.807) is 24.3 Å². The second kappa shape index (κ2) is 8.75. The summed E-state index contributed by atoms with van der Waals surface area (Å²) in [7, 11) is -2.17. The number of rotatable bonds is 8. The number of halogens is 1. The highest BCUT2D eigenvalue weighted by atomic mass is 35.5. The maximum Gasteiger partial charge on any atom is 0.240 e. The summed E-state index contributed by atoms with van der Waals surface area (Å²) in [5, 5.41) is 10.7. The van der Waals surface area contributed by atoms with Crippen LogP contribution in [-0.4, -0.2) is 26.7 Å². The summed E-state index contributed by atoms with van der Waals surface area (Å²) >= 11 is 5.84. The first kappa shape index (κ1) is 20.6. The van der Waals surface area contributed by atoms with Gasteiger partial charge in [-0.05, 0) is 48.2 Å². The van der Waals surface area contributed by atoms with E-state index in [0.717, 1.165) is 6.42 Å². The largest absolute Gasteiger partial charge is 0.508 e. The third kappa shape index (κ3) is 5.13. The van der Waals surface area contributed by atoms with Crippen LogP contribution in [0.1, 0.15) is 25.8 Å². The lowest BCUT2D eigenvalue weighted by atomic mass is 9.93. The Bertz CT molecular complexity index is 837. The van der Waals surface area contributed by atoms with Crippen molar-refractivity contribution in [1.82, 2.24) is 4.72 Å². The first-order valence-electron chi connectivity index (χ1n) is 8.40. The zero-order chi connectivity index (χ0) is 19.3. The van der Waals surface area contributed by atoms with E-state index in [2.05, 4.69) is 4.72 Å². The summed E-state index contributed by atoms with van der Waals surface area (Å²) in [6.45, 7) is 3.98. The van der Waals surface area contributed by atoms with Crippen molar-refractivity contribution < 1.29 is 18.3 Å². The van der Waals surface area contributed by atoms with E-state index in [0.29, 0.717) is 22.8 Å². The van der Waals surface area contributed by atoms with Crippen LogP contribution in [0.15, 0.2) is 47.4 Å². The van der Waals surface area contributed by atoms with Gasteiger partial charge in [0.15, 0.2) is 0 Å². The lowest BCUT2D eigenvalue weighted by Crippen LogP contribution is -2.40. The van der Waals surface area contributed by atoms with Crippen LogP contribution in [-0.2, 0) is 16.4 Å². The number of sulfonamides is 1. The molecule has 2 rings (SSSR count). The molecule has 0 amide bonds. The lowest BCUT2D eigenvalue weighted by Gasteiger charge is -2.25. The van der Waals surface area contributed by atoms with Gasteiger partial charge in [-0.15, -0.1) is 0 Å². The molecule has 0 aliphatic rings. The van der Waals surface area contributed by atoms with Gasteiger partial charge >= 0.3 is 0 Å². The molecule has 5 nitrogen and oxygen atoms in total. The van der Waals surface area contributed by atoms with Crippen molar-refractivity contribution in [3.8, 4) is 11.5 Å². The minimum Gasteiger partial charge on any atom is -0.508 e. The van der Waals surface area contributed by atoms with Crippen molar-refractivity contribution in [2.45, 2.75) is 37.6 Å². The predicted molar refractivity (Wildman–Crippen MR) is 103 cm³/mol. The Hall–Kier alpha value is -1.76. The molecule has 2 atom stereocenters. The number of phenolic OH excluding ortho intramolecular Hbond substituents is 1. The van der Waals surface area contributed by atoms with Crippen molar-refractivity contribution in [3.05, 3.63) is 53.1 Å². The highest BCUT2D eigenvalue weighted by Gasteiger charge is 2.25. The number of hydrogen-bond acceptors (Lipinski definition) is 4. The molecule has 0 aliphatic heterocycles. The van der Waals surface area contributed by atoms with Crippen LogP contribution in [0.2, 0.25) is 5.02 Å². The molecule has 26 heavy (non-hydrogen) atoms. The first-order valence-corrected chi connectivity index (χ1v) is 10.3. The van der Waals surface area contributed by atoms with Crippen LogP contribution in [0.3, 0.4) is 0 Å². The molecule has 2 aromatic rings. The number of aromatic hydroxyl groups is 1. The topological polar surface area (TPSA) is 75.6 Å². The molecule has 0 saturated heterocycles. The second-order valence-electron chi connectivity index (χ2n) is 6.27. The van der Waals surface area contributed by atoms with Crippen LogP contribution in [0, 0.1) is 5.92 Å². The lowest BCUT2D eigenvalue weighted by molar-refractivity contribution is 0.391. The monoisotopic (exact) mass is 397 g/mol. The fourth-order valence-electron chi connectivity index (χ4n) is 2.60. The molecule has 0 bridgehead atoms. The van der Waals surface area contributed by atoms with Gasteiger partial charge in [0.05, 0.1) is 12.0 Å². The minimum absolute atomic E-state index is 0.0820. The normalized spacial score (nSPS) is 14.0. The van der Waals surface area contributed by atoms with E-state index in [9.17, 15) is 13.5 Å². The Labute approximate surface area is 160 Å². The van der Waals surface area contributed by atoms with Gasteiger partial charge in [-0.25, -0.2) is 13.1 Å². The van der Waals surface area contributed by atoms with Gasteiger partial charge < -0.3 is 9.84 Å². The van der Waals surface area contributed by atoms with E-state index in [1.165, 1.54) is 25.3 Å². The van der Waals surface area contributed by atoms with E-state index in [-0.39, 0.29) is 22.6 Å². The van der Waals surface area contributed by atoms with Crippen LogP contribution >= 0.6 is 11.6 Å². The predicted octanol–water partition coefficient (Wildman–Crippen LogP) is 3.99. The Balaban J connectivity index is 2.26. The Kier molecular flexibility index (Phi) is 6.92. The van der Waals surface area contributed by atoms with Crippen molar-refractivity contribution in [2.24, 2.45) is 5.92 Å². The molecule has 2 aromatic carbocycles. The highest BCUT2D eigenvalue weighted by molar-refractivity contribution is 7.89. The molecule has 0 radical (unpaired) electrons. The number of ether oxygens (including phenoxy) is 1. The molecule has 2 N–H and O–H groups in total. The fourth-order valence-corrected chi connectivity index (χ4v) is 4.08. The van der Waals surface area contributed by atoms with Gasteiger partial charge in [-0.1, -0.05) is 37.9 Å². The maximum absolute atomic E-state index is 12.7. The number of benzene rings is 2. The fraction of sp³-hybridized carbons (Fsp3) is 0.368. The summed E-state index contributed by atoms with van der Waals surface area (Å²) in [5.74, 6) is 0.718. The molecule has 0 saturated carbocycles. The van der Waals surface area contributed by atoms with Crippen LogP contribution < -0.4 is 9.46 Å². The van der Waals surface area contributed by atoms with Crippen molar-refractivity contribution >= 4 is 21.6 Å². The average molecular weight is 398 g/mol. The van der Waals surface area contributed by atoms with Gasteiger partial charge in [-0.3, -0.25) is 0 Å².